The molecule has 3 rings (SSSR count). The Hall–Kier alpha value is -2.38. The summed E-state index contributed by atoms with van der Waals surface area (Å²) in [5.74, 6) is -0.180. The summed E-state index contributed by atoms with van der Waals surface area (Å²) in [4.78, 5) is 13.3. The largest absolute Gasteiger partial charge is 0.382 e. The van der Waals surface area contributed by atoms with E-state index in [1.54, 1.807) is 23.5 Å². The van der Waals surface area contributed by atoms with Crippen LogP contribution in [-0.4, -0.2) is 20.9 Å². The van der Waals surface area contributed by atoms with Gasteiger partial charge in [0.05, 0.1) is 12.2 Å². The molecule has 0 aliphatic carbocycles. The zero-order valence-corrected chi connectivity index (χ0v) is 13.9. The Labute approximate surface area is 141 Å². The standard InChI is InChI=1S/C15H14ClN5OS/c1-9-4-5-10(16)7-12(9)21-14(17)13(19-20-21)15(22)18-8-11-3-2-6-23-11/h2-7H,8,17H2,1H3,(H,18,22). The van der Waals surface area contributed by atoms with Crippen LogP contribution in [0.5, 0.6) is 0 Å². The molecule has 0 aliphatic heterocycles. The lowest BCUT2D eigenvalue weighted by Crippen LogP contribution is -2.24. The van der Waals surface area contributed by atoms with Gasteiger partial charge in [-0.2, -0.15) is 4.68 Å². The third-order valence-electron chi connectivity index (χ3n) is 3.32. The van der Waals surface area contributed by atoms with E-state index in [1.807, 2.05) is 30.5 Å². The minimum Gasteiger partial charge on any atom is -0.382 e. The van der Waals surface area contributed by atoms with E-state index < -0.39 is 0 Å². The van der Waals surface area contributed by atoms with Gasteiger partial charge in [0.2, 0.25) is 0 Å². The first-order valence-electron chi connectivity index (χ1n) is 6.84. The molecule has 8 heteroatoms. The molecule has 0 atom stereocenters. The number of rotatable bonds is 4. The number of nitrogen functional groups attached to an aromatic ring is 1. The van der Waals surface area contributed by atoms with E-state index in [-0.39, 0.29) is 17.4 Å². The number of nitrogens with two attached hydrogens (primary N) is 1. The van der Waals surface area contributed by atoms with Crippen molar-refractivity contribution in [1.82, 2.24) is 20.3 Å². The van der Waals surface area contributed by atoms with Crippen LogP contribution in [0.1, 0.15) is 20.9 Å². The van der Waals surface area contributed by atoms with Crippen molar-refractivity contribution < 1.29 is 4.79 Å². The Kier molecular flexibility index (Phi) is 4.31. The zero-order valence-electron chi connectivity index (χ0n) is 12.3. The number of amides is 1. The molecular weight excluding hydrogens is 334 g/mol. The number of aromatic nitrogens is 3. The second-order valence-corrected chi connectivity index (χ2v) is 6.40. The van der Waals surface area contributed by atoms with Crippen LogP contribution in [-0.2, 0) is 6.54 Å². The van der Waals surface area contributed by atoms with Crippen LogP contribution < -0.4 is 11.1 Å². The van der Waals surface area contributed by atoms with E-state index >= 15 is 0 Å². The Morgan fingerprint density at radius 1 is 1.43 bits per heavy atom. The molecule has 0 radical (unpaired) electrons. The number of nitrogens with zero attached hydrogens (tertiary/aromatic N) is 3. The minimum atomic E-state index is -0.359. The highest BCUT2D eigenvalue weighted by Gasteiger charge is 2.19. The van der Waals surface area contributed by atoms with E-state index in [1.165, 1.54) is 4.68 Å². The van der Waals surface area contributed by atoms with Crippen molar-refractivity contribution >= 4 is 34.7 Å². The van der Waals surface area contributed by atoms with Gasteiger partial charge in [0.25, 0.3) is 5.91 Å². The smallest absolute Gasteiger partial charge is 0.276 e. The van der Waals surface area contributed by atoms with Crippen LogP contribution in [0.4, 0.5) is 5.82 Å². The van der Waals surface area contributed by atoms with Gasteiger partial charge < -0.3 is 11.1 Å². The maximum absolute atomic E-state index is 12.2. The molecule has 3 aromatic rings. The summed E-state index contributed by atoms with van der Waals surface area (Å²) in [5, 5.41) is 13.2. The molecule has 0 saturated heterocycles. The molecule has 0 bridgehead atoms. The molecule has 0 fully saturated rings. The number of carbonyl (C=O) groups excluding carboxylic acids is 1. The number of nitrogens with one attached hydrogen (secondary N) is 1. The first-order chi connectivity index (χ1) is 11.1. The third-order valence-corrected chi connectivity index (χ3v) is 4.43. The van der Waals surface area contributed by atoms with Gasteiger partial charge in [-0.1, -0.05) is 28.9 Å². The summed E-state index contributed by atoms with van der Waals surface area (Å²) < 4.78 is 1.42. The number of anilines is 1. The number of carbonyl (C=O) groups is 1. The van der Waals surface area contributed by atoms with Crippen molar-refractivity contribution in [2.24, 2.45) is 0 Å². The van der Waals surface area contributed by atoms with E-state index in [0.29, 0.717) is 17.3 Å². The monoisotopic (exact) mass is 347 g/mol. The van der Waals surface area contributed by atoms with Crippen LogP contribution in [0.2, 0.25) is 5.02 Å². The predicted molar refractivity (Wildman–Crippen MR) is 91.0 cm³/mol. The molecular formula is C15H14ClN5OS. The van der Waals surface area contributed by atoms with E-state index in [0.717, 1.165) is 10.4 Å². The molecule has 1 amide bonds. The van der Waals surface area contributed by atoms with Gasteiger partial charge in [-0.3, -0.25) is 4.79 Å². The van der Waals surface area contributed by atoms with Crippen molar-refractivity contribution in [3.8, 4) is 5.69 Å². The van der Waals surface area contributed by atoms with Crippen molar-refractivity contribution in [2.45, 2.75) is 13.5 Å². The SMILES string of the molecule is Cc1ccc(Cl)cc1-n1nnc(C(=O)NCc2cccs2)c1N. The first-order valence-corrected chi connectivity index (χ1v) is 8.10. The summed E-state index contributed by atoms with van der Waals surface area (Å²) in [7, 11) is 0. The van der Waals surface area contributed by atoms with Crippen LogP contribution >= 0.6 is 22.9 Å². The van der Waals surface area contributed by atoms with Crippen LogP contribution in [0, 0.1) is 6.92 Å². The summed E-state index contributed by atoms with van der Waals surface area (Å²) in [6.07, 6.45) is 0. The van der Waals surface area contributed by atoms with Crippen molar-refractivity contribution in [3.63, 3.8) is 0 Å². The van der Waals surface area contributed by atoms with Crippen molar-refractivity contribution in [1.29, 1.82) is 0 Å². The van der Waals surface area contributed by atoms with E-state index in [2.05, 4.69) is 15.6 Å². The maximum Gasteiger partial charge on any atom is 0.276 e. The van der Waals surface area contributed by atoms with Gasteiger partial charge in [-0.25, -0.2) is 0 Å². The molecule has 0 aliphatic rings. The molecule has 6 nitrogen and oxygen atoms in total. The molecule has 2 aromatic heterocycles. The third kappa shape index (κ3) is 3.20. The molecule has 0 saturated carbocycles. The summed E-state index contributed by atoms with van der Waals surface area (Å²) in [5.41, 5.74) is 7.76. The fraction of sp³-hybridized carbons (Fsp3) is 0.133. The summed E-state index contributed by atoms with van der Waals surface area (Å²) >= 11 is 7.58. The second-order valence-electron chi connectivity index (χ2n) is 4.93. The quantitative estimate of drug-likeness (QED) is 0.759. The fourth-order valence-corrected chi connectivity index (χ4v) is 2.91. The molecule has 3 N–H and O–H groups in total. The Morgan fingerprint density at radius 3 is 3.00 bits per heavy atom. The van der Waals surface area contributed by atoms with Gasteiger partial charge in [0.15, 0.2) is 11.5 Å². The lowest BCUT2D eigenvalue weighted by Gasteiger charge is -2.07. The van der Waals surface area contributed by atoms with Crippen LogP contribution in [0.25, 0.3) is 5.69 Å². The highest BCUT2D eigenvalue weighted by Crippen LogP contribution is 2.22. The number of benzene rings is 1. The topological polar surface area (TPSA) is 85.8 Å². The van der Waals surface area contributed by atoms with Crippen molar-refractivity contribution in [3.05, 3.63) is 56.9 Å². The molecule has 23 heavy (non-hydrogen) atoms. The number of aryl methyl sites for hydroxylation is 1. The fourth-order valence-electron chi connectivity index (χ4n) is 2.10. The normalized spacial score (nSPS) is 10.7. The highest BCUT2D eigenvalue weighted by atomic mass is 35.5. The minimum absolute atomic E-state index is 0.0981. The average Bonchev–Trinajstić information content (AvgIpc) is 3.17. The lowest BCUT2D eigenvalue weighted by atomic mass is 10.2. The van der Waals surface area contributed by atoms with Crippen LogP contribution in [0.15, 0.2) is 35.7 Å². The van der Waals surface area contributed by atoms with Gasteiger partial charge in [-0.05, 0) is 36.1 Å². The predicted octanol–water partition coefficient (Wildman–Crippen LogP) is 2.80. The Morgan fingerprint density at radius 2 is 2.26 bits per heavy atom. The number of hydrogen-bond donors (Lipinski definition) is 2. The maximum atomic E-state index is 12.2. The van der Waals surface area contributed by atoms with E-state index in [4.69, 9.17) is 17.3 Å². The second kappa shape index (κ2) is 6.39. The number of thiophene rings is 1. The molecule has 118 valence electrons. The Bertz CT molecular complexity index is 844. The number of hydrogen-bond acceptors (Lipinski definition) is 5. The van der Waals surface area contributed by atoms with Gasteiger partial charge >= 0.3 is 0 Å². The van der Waals surface area contributed by atoms with Gasteiger partial charge in [-0.15, -0.1) is 16.4 Å². The van der Waals surface area contributed by atoms with Gasteiger partial charge in [0.1, 0.15) is 0 Å². The van der Waals surface area contributed by atoms with Gasteiger partial charge in [0, 0.05) is 9.90 Å². The van der Waals surface area contributed by atoms with Crippen LogP contribution in [0.3, 0.4) is 0 Å². The molecule has 2 heterocycles. The molecule has 1 aromatic carbocycles. The zero-order chi connectivity index (χ0) is 16.4. The highest BCUT2D eigenvalue weighted by molar-refractivity contribution is 7.09. The lowest BCUT2D eigenvalue weighted by molar-refractivity contribution is 0.0947. The molecule has 0 spiro atoms. The van der Waals surface area contributed by atoms with Crippen molar-refractivity contribution in [2.75, 3.05) is 5.73 Å². The Balaban J connectivity index is 1.84. The first kappa shape index (κ1) is 15.5. The summed E-state index contributed by atoms with van der Waals surface area (Å²) in [6.45, 7) is 2.34. The summed E-state index contributed by atoms with van der Waals surface area (Å²) in [6, 6.07) is 9.24. The molecule has 0 unspecified atom stereocenters. The number of halogens is 1. The van der Waals surface area contributed by atoms with E-state index in [9.17, 15) is 4.79 Å². The average molecular weight is 348 g/mol.